The molecule has 0 aliphatic carbocycles. The zero-order valence-corrected chi connectivity index (χ0v) is 10.0. The highest BCUT2D eigenvalue weighted by atomic mass is 31.2. The molecule has 0 bridgehead atoms. The second kappa shape index (κ2) is 3.88. The molecule has 0 saturated carbocycles. The molecule has 1 rings (SSSR count). The summed E-state index contributed by atoms with van der Waals surface area (Å²) >= 11 is 0. The fraction of sp³-hybridized carbons (Fsp3) is 0.455. The summed E-state index contributed by atoms with van der Waals surface area (Å²) in [5.41, 5.74) is 0. The number of hydrogen-bond donors (Lipinski definition) is 0. The Hall–Kier alpha value is -0.590. The van der Waals surface area contributed by atoms with Crippen molar-refractivity contribution < 1.29 is 9.09 Å². The van der Waals surface area contributed by atoms with Gasteiger partial charge in [0.05, 0.1) is 0 Å². The van der Waals surface area contributed by atoms with Crippen LogP contribution >= 0.6 is 7.37 Å². The van der Waals surface area contributed by atoms with Gasteiger partial charge >= 0.3 is 0 Å². The monoisotopic (exact) mass is 212 g/mol. The third-order valence-corrected chi connectivity index (χ3v) is 5.49. The summed E-state index contributed by atoms with van der Waals surface area (Å²) in [7, 11) is -1.22. The maximum atomic E-state index is 12.6. The van der Waals surface area contributed by atoms with Crippen molar-refractivity contribution in [2.24, 2.45) is 0 Å². The minimum atomic E-state index is -2.74. The van der Waals surface area contributed by atoms with Crippen LogP contribution in [0.3, 0.4) is 0 Å². The smallest absolute Gasteiger partial charge is 0.236 e. The molecule has 1 atom stereocenters. The van der Waals surface area contributed by atoms with Crippen molar-refractivity contribution in [1.82, 2.24) is 0 Å². The molecule has 0 aromatic heterocycles. The molecular weight excluding hydrogens is 195 g/mol. The third kappa shape index (κ3) is 1.92. The molecule has 0 fully saturated rings. The van der Waals surface area contributed by atoms with E-state index in [9.17, 15) is 4.57 Å². The number of rotatable bonds is 2. The predicted molar refractivity (Wildman–Crippen MR) is 60.4 cm³/mol. The molecular formula is C11H17O2P. The summed E-state index contributed by atoms with van der Waals surface area (Å²) < 4.78 is 17.8. The van der Waals surface area contributed by atoms with Gasteiger partial charge in [0.25, 0.3) is 0 Å². The summed E-state index contributed by atoms with van der Waals surface area (Å²) in [5.74, 6) is 0. The van der Waals surface area contributed by atoms with Crippen LogP contribution in [0.1, 0.15) is 20.8 Å². The van der Waals surface area contributed by atoms with Crippen molar-refractivity contribution >= 4 is 12.7 Å². The van der Waals surface area contributed by atoms with Crippen LogP contribution in [0.15, 0.2) is 30.3 Å². The molecule has 14 heavy (non-hydrogen) atoms. The zero-order chi connectivity index (χ0) is 10.8. The normalized spacial score (nSPS) is 16.3. The fourth-order valence-corrected chi connectivity index (χ4v) is 3.49. The van der Waals surface area contributed by atoms with Crippen molar-refractivity contribution in [1.29, 1.82) is 0 Å². The summed E-state index contributed by atoms with van der Waals surface area (Å²) in [6, 6.07) is 9.39. The molecule has 0 aliphatic rings. The zero-order valence-electron chi connectivity index (χ0n) is 9.15. The molecule has 0 spiro atoms. The van der Waals surface area contributed by atoms with Crippen LogP contribution in [0.25, 0.3) is 0 Å². The van der Waals surface area contributed by atoms with Gasteiger partial charge in [0.2, 0.25) is 7.37 Å². The second-order valence-corrected chi connectivity index (χ2v) is 7.57. The van der Waals surface area contributed by atoms with Gasteiger partial charge in [0, 0.05) is 17.6 Å². The van der Waals surface area contributed by atoms with Gasteiger partial charge in [-0.25, -0.2) is 0 Å². The quantitative estimate of drug-likeness (QED) is 0.704. The van der Waals surface area contributed by atoms with E-state index in [1.807, 2.05) is 51.1 Å². The van der Waals surface area contributed by atoms with Crippen molar-refractivity contribution in [2.75, 3.05) is 7.11 Å². The molecule has 0 N–H and O–H groups in total. The standard InChI is InChI=1S/C11H17O2P/c1-11(2,3)14(12,13-4)10-8-6-5-7-9-10/h5-9H,1-4H3/t14-/m1/s1. The third-order valence-electron chi connectivity index (χ3n) is 2.24. The Morgan fingerprint density at radius 1 is 1.14 bits per heavy atom. The van der Waals surface area contributed by atoms with E-state index in [0.29, 0.717) is 0 Å². The summed E-state index contributed by atoms with van der Waals surface area (Å²) in [6.07, 6.45) is 0. The lowest BCUT2D eigenvalue weighted by atomic mass is 10.3. The number of benzene rings is 1. The first-order chi connectivity index (χ1) is 6.42. The average Bonchev–Trinajstić information content (AvgIpc) is 2.16. The van der Waals surface area contributed by atoms with E-state index in [1.54, 1.807) is 0 Å². The van der Waals surface area contributed by atoms with Crippen molar-refractivity contribution in [3.63, 3.8) is 0 Å². The van der Waals surface area contributed by atoms with Crippen LogP contribution in [0.2, 0.25) is 0 Å². The van der Waals surface area contributed by atoms with E-state index < -0.39 is 7.37 Å². The van der Waals surface area contributed by atoms with Crippen LogP contribution in [0.5, 0.6) is 0 Å². The fourth-order valence-electron chi connectivity index (χ4n) is 1.39. The molecule has 0 unspecified atom stereocenters. The largest absolute Gasteiger partial charge is 0.328 e. The van der Waals surface area contributed by atoms with Gasteiger partial charge in [-0.1, -0.05) is 39.0 Å². The van der Waals surface area contributed by atoms with Gasteiger partial charge in [-0.15, -0.1) is 0 Å². The Kier molecular flexibility index (Phi) is 3.18. The molecule has 78 valence electrons. The minimum absolute atomic E-state index is 0.358. The Labute approximate surface area is 85.7 Å². The Bertz CT molecular complexity index is 338. The summed E-state index contributed by atoms with van der Waals surface area (Å²) in [5, 5.41) is 0.429. The van der Waals surface area contributed by atoms with Gasteiger partial charge in [-0.3, -0.25) is 4.57 Å². The topological polar surface area (TPSA) is 26.3 Å². The van der Waals surface area contributed by atoms with Crippen LogP contribution in [-0.2, 0) is 9.09 Å². The first-order valence-corrected chi connectivity index (χ1v) is 6.26. The molecule has 0 radical (unpaired) electrons. The van der Waals surface area contributed by atoms with Gasteiger partial charge in [0.1, 0.15) is 0 Å². The van der Waals surface area contributed by atoms with Crippen molar-refractivity contribution in [3.05, 3.63) is 30.3 Å². The van der Waals surface area contributed by atoms with E-state index in [0.717, 1.165) is 5.30 Å². The van der Waals surface area contributed by atoms with E-state index in [4.69, 9.17) is 4.52 Å². The van der Waals surface area contributed by atoms with Gasteiger partial charge in [-0.2, -0.15) is 0 Å². The molecule has 2 nitrogen and oxygen atoms in total. The Morgan fingerprint density at radius 2 is 1.64 bits per heavy atom. The average molecular weight is 212 g/mol. The second-order valence-electron chi connectivity index (χ2n) is 4.24. The molecule has 1 aromatic rings. The van der Waals surface area contributed by atoms with Crippen molar-refractivity contribution in [3.8, 4) is 0 Å². The molecule has 0 saturated heterocycles. The highest BCUT2D eigenvalue weighted by Crippen LogP contribution is 2.56. The van der Waals surface area contributed by atoms with Crippen LogP contribution in [0.4, 0.5) is 0 Å². The van der Waals surface area contributed by atoms with E-state index in [1.165, 1.54) is 7.11 Å². The maximum Gasteiger partial charge on any atom is 0.236 e. The molecule has 0 heterocycles. The Balaban J connectivity index is 3.23. The first kappa shape index (κ1) is 11.5. The van der Waals surface area contributed by atoms with E-state index >= 15 is 0 Å². The maximum absolute atomic E-state index is 12.6. The minimum Gasteiger partial charge on any atom is -0.328 e. The molecule has 0 amide bonds. The van der Waals surface area contributed by atoms with Gasteiger partial charge in [0.15, 0.2) is 0 Å². The summed E-state index contributed by atoms with van der Waals surface area (Å²) in [6.45, 7) is 5.80. The Morgan fingerprint density at radius 3 is 2.00 bits per heavy atom. The van der Waals surface area contributed by atoms with Crippen LogP contribution in [0, 0.1) is 0 Å². The van der Waals surface area contributed by atoms with E-state index in [2.05, 4.69) is 0 Å². The molecule has 0 aliphatic heterocycles. The van der Waals surface area contributed by atoms with E-state index in [-0.39, 0.29) is 5.16 Å². The summed E-state index contributed by atoms with van der Waals surface area (Å²) in [4.78, 5) is 0. The lowest BCUT2D eigenvalue weighted by Gasteiger charge is -2.29. The lowest BCUT2D eigenvalue weighted by molar-refractivity contribution is 0.381. The molecule has 3 heteroatoms. The van der Waals surface area contributed by atoms with Crippen LogP contribution < -0.4 is 5.30 Å². The van der Waals surface area contributed by atoms with Crippen molar-refractivity contribution in [2.45, 2.75) is 25.9 Å². The predicted octanol–water partition coefficient (Wildman–Crippen LogP) is 3.03. The lowest BCUT2D eigenvalue weighted by Crippen LogP contribution is -2.23. The number of hydrogen-bond acceptors (Lipinski definition) is 2. The SMILES string of the molecule is CO[P@](=O)(c1ccccc1)C(C)(C)C. The van der Waals surface area contributed by atoms with Gasteiger partial charge < -0.3 is 4.52 Å². The highest BCUT2D eigenvalue weighted by molar-refractivity contribution is 7.68. The molecule has 1 aromatic carbocycles. The van der Waals surface area contributed by atoms with Gasteiger partial charge in [-0.05, 0) is 12.1 Å². The first-order valence-electron chi connectivity index (χ1n) is 4.63. The highest BCUT2D eigenvalue weighted by Gasteiger charge is 2.38. The van der Waals surface area contributed by atoms with Crippen LogP contribution in [-0.4, -0.2) is 12.3 Å².